The predicted octanol–water partition coefficient (Wildman–Crippen LogP) is 4.27. The smallest absolute Gasteiger partial charge is 0.272 e. The van der Waals surface area contributed by atoms with E-state index in [0.717, 1.165) is 16.9 Å². The molecule has 0 spiro atoms. The van der Waals surface area contributed by atoms with Crippen molar-refractivity contribution in [1.82, 2.24) is 9.88 Å². The van der Waals surface area contributed by atoms with Crippen LogP contribution in [0.3, 0.4) is 0 Å². The third-order valence-corrected chi connectivity index (χ3v) is 3.90. The number of anilines is 2. The van der Waals surface area contributed by atoms with Crippen LogP contribution in [0.4, 0.5) is 11.4 Å². The molecule has 5 heteroatoms. The van der Waals surface area contributed by atoms with Gasteiger partial charge in [-0.05, 0) is 50.6 Å². The maximum Gasteiger partial charge on any atom is 0.272 e. The minimum Gasteiger partial charge on any atom is -0.354 e. The molecule has 22 heavy (non-hydrogen) atoms. The summed E-state index contributed by atoms with van der Waals surface area (Å²) in [5.74, 6) is -0.0464. The fourth-order valence-corrected chi connectivity index (χ4v) is 2.28. The molecular weight excluding hydrogens is 298 g/mol. The predicted molar refractivity (Wildman–Crippen MR) is 91.0 cm³/mol. The van der Waals surface area contributed by atoms with E-state index in [2.05, 4.69) is 10.3 Å². The van der Waals surface area contributed by atoms with Gasteiger partial charge in [0.1, 0.15) is 5.69 Å². The summed E-state index contributed by atoms with van der Waals surface area (Å²) in [6.07, 6.45) is 1.66. The topological polar surface area (TPSA) is 45.2 Å². The van der Waals surface area contributed by atoms with E-state index in [1.54, 1.807) is 17.2 Å². The molecular formula is C17H20ClN3O. The third kappa shape index (κ3) is 3.77. The number of aromatic nitrogens is 1. The Bertz CT molecular complexity index is 651. The summed E-state index contributed by atoms with van der Waals surface area (Å²) >= 11 is 6.11. The Kier molecular flexibility index (Phi) is 5.39. The van der Waals surface area contributed by atoms with Gasteiger partial charge in [0, 0.05) is 23.8 Å². The molecule has 0 atom stereocenters. The molecule has 1 heterocycles. The van der Waals surface area contributed by atoms with E-state index in [4.69, 9.17) is 11.6 Å². The van der Waals surface area contributed by atoms with Crippen molar-refractivity contribution in [2.24, 2.45) is 0 Å². The van der Waals surface area contributed by atoms with Crippen LogP contribution in [0.1, 0.15) is 29.9 Å². The van der Waals surface area contributed by atoms with Crippen molar-refractivity contribution >= 4 is 28.9 Å². The van der Waals surface area contributed by atoms with Crippen LogP contribution >= 0.6 is 11.6 Å². The Labute approximate surface area is 136 Å². The van der Waals surface area contributed by atoms with Gasteiger partial charge in [0.15, 0.2) is 0 Å². The summed E-state index contributed by atoms with van der Waals surface area (Å²) in [4.78, 5) is 18.2. The van der Waals surface area contributed by atoms with Gasteiger partial charge in [-0.3, -0.25) is 4.79 Å². The van der Waals surface area contributed by atoms with E-state index in [9.17, 15) is 4.79 Å². The van der Waals surface area contributed by atoms with Crippen LogP contribution in [0, 0.1) is 6.92 Å². The molecule has 0 fully saturated rings. The van der Waals surface area contributed by atoms with E-state index in [0.29, 0.717) is 23.8 Å². The molecule has 0 aliphatic rings. The lowest BCUT2D eigenvalue weighted by Crippen LogP contribution is -2.31. The van der Waals surface area contributed by atoms with E-state index in [1.165, 1.54) is 0 Å². The maximum atomic E-state index is 12.2. The second kappa shape index (κ2) is 7.27. The number of hydrogen-bond acceptors (Lipinski definition) is 3. The van der Waals surface area contributed by atoms with Crippen LogP contribution in [0.25, 0.3) is 0 Å². The van der Waals surface area contributed by atoms with Crippen molar-refractivity contribution in [1.29, 1.82) is 0 Å². The van der Waals surface area contributed by atoms with Gasteiger partial charge in [-0.25, -0.2) is 4.98 Å². The summed E-state index contributed by atoms with van der Waals surface area (Å²) < 4.78 is 0. The normalized spacial score (nSPS) is 10.4. The van der Waals surface area contributed by atoms with Crippen molar-refractivity contribution in [3.05, 3.63) is 52.8 Å². The number of aryl methyl sites for hydroxylation is 1. The molecule has 0 radical (unpaired) electrons. The van der Waals surface area contributed by atoms with Crippen molar-refractivity contribution < 1.29 is 4.79 Å². The van der Waals surface area contributed by atoms with Crippen molar-refractivity contribution in [3.8, 4) is 0 Å². The van der Waals surface area contributed by atoms with Crippen LogP contribution in [-0.4, -0.2) is 28.9 Å². The molecule has 2 rings (SSSR count). The van der Waals surface area contributed by atoms with E-state index in [-0.39, 0.29) is 5.91 Å². The van der Waals surface area contributed by atoms with Crippen molar-refractivity contribution in [2.45, 2.75) is 20.8 Å². The van der Waals surface area contributed by atoms with Crippen LogP contribution in [-0.2, 0) is 0 Å². The second-order valence-electron chi connectivity index (χ2n) is 5.00. The van der Waals surface area contributed by atoms with Crippen molar-refractivity contribution in [2.75, 3.05) is 18.4 Å². The van der Waals surface area contributed by atoms with Crippen LogP contribution in [0.2, 0.25) is 5.02 Å². The lowest BCUT2D eigenvalue weighted by Gasteiger charge is -2.18. The summed E-state index contributed by atoms with van der Waals surface area (Å²) in [6.45, 7) is 7.23. The van der Waals surface area contributed by atoms with Crippen LogP contribution in [0.15, 0.2) is 36.5 Å². The molecule has 0 saturated carbocycles. The number of nitrogens with zero attached hydrogens (tertiary/aromatic N) is 2. The first-order valence-corrected chi connectivity index (χ1v) is 7.71. The van der Waals surface area contributed by atoms with Gasteiger partial charge >= 0.3 is 0 Å². The molecule has 2 aromatic rings. The Hall–Kier alpha value is -2.07. The Balaban J connectivity index is 2.11. The highest BCUT2D eigenvalue weighted by Crippen LogP contribution is 2.23. The van der Waals surface area contributed by atoms with Gasteiger partial charge in [-0.2, -0.15) is 0 Å². The SMILES string of the molecule is CCN(CC)C(=O)c1ccc(Nc2ccc(C)c(Cl)c2)cn1. The van der Waals surface area contributed by atoms with Gasteiger partial charge in [0.2, 0.25) is 0 Å². The third-order valence-electron chi connectivity index (χ3n) is 3.49. The zero-order valence-electron chi connectivity index (χ0n) is 13.1. The zero-order chi connectivity index (χ0) is 16.1. The fraction of sp³-hybridized carbons (Fsp3) is 0.294. The standard InChI is InChI=1S/C17H20ClN3O/c1-4-21(5-2)17(22)16-9-8-14(11-19-16)20-13-7-6-12(3)15(18)10-13/h6-11,20H,4-5H2,1-3H3. The minimum absolute atomic E-state index is 0.0464. The van der Waals surface area contributed by atoms with E-state index in [1.807, 2.05) is 45.0 Å². The van der Waals surface area contributed by atoms with Crippen LogP contribution < -0.4 is 5.32 Å². The first kappa shape index (κ1) is 16.3. The Morgan fingerprint density at radius 1 is 1.18 bits per heavy atom. The monoisotopic (exact) mass is 317 g/mol. The molecule has 0 aliphatic carbocycles. The van der Waals surface area contributed by atoms with E-state index >= 15 is 0 Å². The molecule has 0 aliphatic heterocycles. The number of carbonyl (C=O) groups is 1. The van der Waals surface area contributed by atoms with Gasteiger partial charge < -0.3 is 10.2 Å². The molecule has 0 bridgehead atoms. The highest BCUT2D eigenvalue weighted by molar-refractivity contribution is 6.31. The lowest BCUT2D eigenvalue weighted by atomic mass is 10.2. The molecule has 0 unspecified atom stereocenters. The number of hydrogen-bond donors (Lipinski definition) is 1. The zero-order valence-corrected chi connectivity index (χ0v) is 13.8. The summed E-state index contributed by atoms with van der Waals surface area (Å²) in [7, 11) is 0. The van der Waals surface area contributed by atoms with Gasteiger partial charge in [0.05, 0.1) is 11.9 Å². The quantitative estimate of drug-likeness (QED) is 0.895. The number of pyridine rings is 1. The maximum absolute atomic E-state index is 12.2. The number of halogens is 1. The molecule has 116 valence electrons. The highest BCUT2D eigenvalue weighted by Gasteiger charge is 2.13. The highest BCUT2D eigenvalue weighted by atomic mass is 35.5. The number of amides is 1. The summed E-state index contributed by atoms with van der Waals surface area (Å²) in [5, 5.41) is 3.94. The van der Waals surface area contributed by atoms with E-state index < -0.39 is 0 Å². The number of benzene rings is 1. The van der Waals surface area contributed by atoms with Gasteiger partial charge in [0.25, 0.3) is 5.91 Å². The molecule has 0 saturated heterocycles. The fourth-order valence-electron chi connectivity index (χ4n) is 2.10. The number of carbonyl (C=O) groups excluding carboxylic acids is 1. The first-order chi connectivity index (χ1) is 10.5. The average Bonchev–Trinajstić information content (AvgIpc) is 2.53. The first-order valence-electron chi connectivity index (χ1n) is 7.33. The minimum atomic E-state index is -0.0464. The average molecular weight is 318 g/mol. The molecule has 1 N–H and O–H groups in total. The molecule has 4 nitrogen and oxygen atoms in total. The van der Waals surface area contributed by atoms with Crippen molar-refractivity contribution in [3.63, 3.8) is 0 Å². The van der Waals surface area contributed by atoms with Crippen LogP contribution in [0.5, 0.6) is 0 Å². The van der Waals surface area contributed by atoms with Gasteiger partial charge in [-0.1, -0.05) is 17.7 Å². The Morgan fingerprint density at radius 2 is 1.86 bits per heavy atom. The lowest BCUT2D eigenvalue weighted by molar-refractivity contribution is 0.0767. The largest absolute Gasteiger partial charge is 0.354 e. The number of rotatable bonds is 5. The van der Waals surface area contributed by atoms with Gasteiger partial charge in [-0.15, -0.1) is 0 Å². The molecule has 1 aromatic heterocycles. The molecule has 1 amide bonds. The summed E-state index contributed by atoms with van der Waals surface area (Å²) in [6, 6.07) is 9.36. The molecule has 1 aromatic carbocycles. The summed E-state index contributed by atoms with van der Waals surface area (Å²) in [5.41, 5.74) is 3.19. The Morgan fingerprint density at radius 3 is 2.41 bits per heavy atom. The second-order valence-corrected chi connectivity index (χ2v) is 5.41. The number of nitrogens with one attached hydrogen (secondary N) is 1.